The van der Waals surface area contributed by atoms with Gasteiger partial charge in [-0.3, -0.25) is 4.79 Å². The third-order valence-electron chi connectivity index (χ3n) is 4.55. The van der Waals surface area contributed by atoms with Gasteiger partial charge in [-0.2, -0.15) is 5.26 Å². The van der Waals surface area contributed by atoms with Gasteiger partial charge in [0.05, 0.1) is 5.69 Å². The van der Waals surface area contributed by atoms with Gasteiger partial charge in [0.25, 0.3) is 5.91 Å². The van der Waals surface area contributed by atoms with Gasteiger partial charge in [-0.1, -0.05) is 25.4 Å². The van der Waals surface area contributed by atoms with E-state index in [1.165, 1.54) is 12.3 Å². The van der Waals surface area contributed by atoms with Crippen LogP contribution in [0.1, 0.15) is 37.2 Å². The Bertz CT molecular complexity index is 1000. The number of hydrogen-bond donors (Lipinski definition) is 1. The van der Waals surface area contributed by atoms with Crippen molar-refractivity contribution in [1.82, 2.24) is 9.55 Å². The first kappa shape index (κ1) is 23.2. The average molecular weight is 429 g/mol. The standard InChI is InChI=1S/C22H25ClN4O3/c1-14(2)7-9-27-15(3)10-17(16(27)4)11-18(12-24)22(29)30-13-20(28)26-19-6-5-8-25-21(19)23/h5-6,8,10-11,14H,7,9,13H2,1-4H3,(H,26,28). The molecule has 1 N–H and O–H groups in total. The van der Waals surface area contributed by atoms with Crippen LogP contribution in [0.15, 0.2) is 30.0 Å². The first-order valence-electron chi connectivity index (χ1n) is 9.59. The van der Waals surface area contributed by atoms with Crippen LogP contribution in [0.25, 0.3) is 6.08 Å². The molecule has 0 spiro atoms. The van der Waals surface area contributed by atoms with E-state index >= 15 is 0 Å². The number of halogens is 1. The van der Waals surface area contributed by atoms with E-state index in [-0.39, 0.29) is 10.7 Å². The maximum atomic E-state index is 12.3. The topological polar surface area (TPSA) is 97.0 Å². The zero-order valence-electron chi connectivity index (χ0n) is 17.5. The molecule has 0 unspecified atom stereocenters. The summed E-state index contributed by atoms with van der Waals surface area (Å²) in [6.45, 7) is 8.59. The molecule has 2 heterocycles. The molecule has 0 atom stereocenters. The molecule has 0 saturated carbocycles. The number of aryl methyl sites for hydroxylation is 1. The number of nitriles is 1. The number of hydrogen-bond acceptors (Lipinski definition) is 5. The normalized spacial score (nSPS) is 11.3. The Morgan fingerprint density at radius 3 is 2.77 bits per heavy atom. The number of amides is 1. The lowest BCUT2D eigenvalue weighted by molar-refractivity contribution is -0.142. The number of esters is 1. The summed E-state index contributed by atoms with van der Waals surface area (Å²) in [5.41, 5.74) is 2.93. The molecule has 0 aliphatic carbocycles. The highest BCUT2D eigenvalue weighted by atomic mass is 35.5. The first-order chi connectivity index (χ1) is 14.2. The lowest BCUT2D eigenvalue weighted by Crippen LogP contribution is -2.21. The van der Waals surface area contributed by atoms with Crippen molar-refractivity contribution in [3.63, 3.8) is 0 Å². The molecule has 2 rings (SSSR count). The number of nitrogens with zero attached hydrogens (tertiary/aromatic N) is 3. The molecule has 0 fully saturated rings. The number of aromatic nitrogens is 2. The number of rotatable bonds is 8. The Hall–Kier alpha value is -3.11. The molecular formula is C22H25ClN4O3. The van der Waals surface area contributed by atoms with Crippen molar-refractivity contribution in [3.05, 3.63) is 52.1 Å². The molecule has 30 heavy (non-hydrogen) atoms. The second kappa shape index (κ2) is 10.6. The van der Waals surface area contributed by atoms with E-state index < -0.39 is 18.5 Å². The molecule has 0 bridgehead atoms. The van der Waals surface area contributed by atoms with Crippen molar-refractivity contribution in [2.24, 2.45) is 5.92 Å². The molecule has 7 nitrogen and oxygen atoms in total. The fourth-order valence-electron chi connectivity index (χ4n) is 2.87. The monoisotopic (exact) mass is 428 g/mol. The van der Waals surface area contributed by atoms with Crippen molar-refractivity contribution < 1.29 is 14.3 Å². The minimum Gasteiger partial charge on any atom is -0.451 e. The Morgan fingerprint density at radius 1 is 1.40 bits per heavy atom. The molecular weight excluding hydrogens is 404 g/mol. The minimum atomic E-state index is -0.864. The van der Waals surface area contributed by atoms with Gasteiger partial charge in [0, 0.05) is 24.1 Å². The van der Waals surface area contributed by atoms with Crippen LogP contribution in [-0.2, 0) is 20.9 Å². The Kier molecular flexibility index (Phi) is 8.19. The number of carbonyl (C=O) groups excluding carboxylic acids is 2. The maximum Gasteiger partial charge on any atom is 0.349 e. The lowest BCUT2D eigenvalue weighted by atomic mass is 10.1. The number of pyridine rings is 1. The molecule has 2 aromatic rings. The van der Waals surface area contributed by atoms with Crippen LogP contribution in [0.2, 0.25) is 5.15 Å². The third kappa shape index (κ3) is 6.19. The van der Waals surface area contributed by atoms with Gasteiger partial charge in [0.15, 0.2) is 11.8 Å². The molecule has 1 amide bonds. The van der Waals surface area contributed by atoms with Crippen molar-refractivity contribution in [3.8, 4) is 6.07 Å². The van der Waals surface area contributed by atoms with E-state index in [0.717, 1.165) is 29.9 Å². The number of nitrogens with one attached hydrogen (secondary N) is 1. The molecule has 0 radical (unpaired) electrons. The highest BCUT2D eigenvalue weighted by molar-refractivity contribution is 6.32. The largest absolute Gasteiger partial charge is 0.451 e. The summed E-state index contributed by atoms with van der Waals surface area (Å²) in [6, 6.07) is 6.97. The summed E-state index contributed by atoms with van der Waals surface area (Å²) in [4.78, 5) is 28.1. The third-order valence-corrected chi connectivity index (χ3v) is 4.85. The van der Waals surface area contributed by atoms with Gasteiger partial charge in [0.1, 0.15) is 11.6 Å². The Labute approximate surface area is 181 Å². The van der Waals surface area contributed by atoms with E-state index in [1.54, 1.807) is 12.1 Å². The molecule has 2 aromatic heterocycles. The Balaban J connectivity index is 2.05. The SMILES string of the molecule is Cc1cc(C=C(C#N)C(=O)OCC(=O)Nc2cccnc2Cl)c(C)n1CCC(C)C. The van der Waals surface area contributed by atoms with Crippen LogP contribution in [0, 0.1) is 31.1 Å². The summed E-state index contributed by atoms with van der Waals surface area (Å²) in [7, 11) is 0. The van der Waals surface area contributed by atoms with Gasteiger partial charge >= 0.3 is 5.97 Å². The summed E-state index contributed by atoms with van der Waals surface area (Å²) in [6.07, 6.45) is 4.01. The smallest absolute Gasteiger partial charge is 0.349 e. The average Bonchev–Trinajstić information content (AvgIpc) is 2.97. The van der Waals surface area contributed by atoms with Crippen molar-refractivity contribution in [2.45, 2.75) is 40.7 Å². The predicted molar refractivity (Wildman–Crippen MR) is 116 cm³/mol. The predicted octanol–water partition coefficient (Wildman–Crippen LogP) is 4.29. The second-order valence-electron chi connectivity index (χ2n) is 7.30. The first-order valence-corrected chi connectivity index (χ1v) is 9.96. The van der Waals surface area contributed by atoms with Gasteiger partial charge in [-0.05, 0) is 56.0 Å². The second-order valence-corrected chi connectivity index (χ2v) is 7.65. The molecule has 0 aliphatic rings. The van der Waals surface area contributed by atoms with Crippen molar-refractivity contribution in [2.75, 3.05) is 11.9 Å². The van der Waals surface area contributed by atoms with E-state index in [2.05, 4.69) is 28.7 Å². The van der Waals surface area contributed by atoms with E-state index in [4.69, 9.17) is 16.3 Å². The molecule has 8 heteroatoms. The highest BCUT2D eigenvalue weighted by Crippen LogP contribution is 2.20. The van der Waals surface area contributed by atoms with E-state index in [9.17, 15) is 14.9 Å². The minimum absolute atomic E-state index is 0.127. The van der Waals surface area contributed by atoms with Crippen LogP contribution < -0.4 is 5.32 Å². The molecule has 0 saturated heterocycles. The summed E-state index contributed by atoms with van der Waals surface area (Å²) in [5, 5.41) is 12.0. The molecule has 158 valence electrons. The van der Waals surface area contributed by atoms with Gasteiger partial charge < -0.3 is 14.6 Å². The Morgan fingerprint density at radius 2 is 2.13 bits per heavy atom. The molecule has 0 aromatic carbocycles. The van der Waals surface area contributed by atoms with Gasteiger partial charge in [-0.15, -0.1) is 0 Å². The maximum absolute atomic E-state index is 12.3. The van der Waals surface area contributed by atoms with Crippen LogP contribution in [-0.4, -0.2) is 28.0 Å². The molecule has 0 aliphatic heterocycles. The summed E-state index contributed by atoms with van der Waals surface area (Å²) >= 11 is 5.88. The van der Waals surface area contributed by atoms with Crippen LogP contribution in [0.3, 0.4) is 0 Å². The van der Waals surface area contributed by atoms with Crippen LogP contribution in [0.5, 0.6) is 0 Å². The zero-order chi connectivity index (χ0) is 22.3. The van der Waals surface area contributed by atoms with E-state index in [0.29, 0.717) is 11.6 Å². The lowest BCUT2D eigenvalue weighted by Gasteiger charge is -2.11. The fourth-order valence-corrected chi connectivity index (χ4v) is 3.04. The summed E-state index contributed by atoms with van der Waals surface area (Å²) < 4.78 is 7.15. The fraction of sp³-hybridized carbons (Fsp3) is 0.364. The number of carbonyl (C=O) groups is 2. The quantitative estimate of drug-likeness (QED) is 0.293. The van der Waals surface area contributed by atoms with Crippen LogP contribution >= 0.6 is 11.6 Å². The number of ether oxygens (including phenoxy) is 1. The number of anilines is 1. The zero-order valence-corrected chi connectivity index (χ0v) is 18.3. The van der Waals surface area contributed by atoms with Crippen molar-refractivity contribution in [1.29, 1.82) is 5.26 Å². The highest BCUT2D eigenvalue weighted by Gasteiger charge is 2.16. The van der Waals surface area contributed by atoms with Gasteiger partial charge in [0.2, 0.25) is 0 Å². The summed E-state index contributed by atoms with van der Waals surface area (Å²) in [5.74, 6) is -0.873. The van der Waals surface area contributed by atoms with E-state index in [1.807, 2.05) is 26.0 Å². The van der Waals surface area contributed by atoms with Gasteiger partial charge in [-0.25, -0.2) is 9.78 Å². The van der Waals surface area contributed by atoms with Crippen LogP contribution in [0.4, 0.5) is 5.69 Å². The van der Waals surface area contributed by atoms with Crippen molar-refractivity contribution >= 4 is 35.2 Å².